The molecule has 0 saturated carbocycles. The molecule has 0 spiro atoms. The molecule has 4 nitrogen and oxygen atoms in total. The number of rotatable bonds is 1. The fourth-order valence-corrected chi connectivity index (χ4v) is 0.866. The molecule has 0 fully saturated rings. The molecule has 11 heavy (non-hydrogen) atoms. The van der Waals surface area contributed by atoms with Gasteiger partial charge in [-0.1, -0.05) is 11.6 Å². The molecule has 58 valence electrons. The lowest BCUT2D eigenvalue weighted by Gasteiger charge is -1.95. The van der Waals surface area contributed by atoms with Crippen LogP contribution < -0.4 is 0 Å². The van der Waals surface area contributed by atoms with Crippen LogP contribution in [0, 0.1) is 6.92 Å². The highest BCUT2D eigenvalue weighted by Gasteiger charge is 2.06. The lowest BCUT2D eigenvalue weighted by Crippen LogP contribution is -2.02. The second-order valence-electron chi connectivity index (χ2n) is 1.93. The van der Waals surface area contributed by atoms with Gasteiger partial charge in [0.25, 0.3) is 0 Å². The first-order valence-corrected chi connectivity index (χ1v) is 3.22. The second kappa shape index (κ2) is 2.84. The summed E-state index contributed by atoms with van der Waals surface area (Å²) < 4.78 is 0. The van der Waals surface area contributed by atoms with Crippen LogP contribution in [0.25, 0.3) is 0 Å². The lowest BCUT2D eigenvalue weighted by molar-refractivity contribution is 0.0690. The Morgan fingerprint density at radius 3 is 2.73 bits per heavy atom. The zero-order valence-corrected chi connectivity index (χ0v) is 6.46. The Hall–Kier alpha value is -1.16. The molecule has 0 atom stereocenters. The van der Waals surface area contributed by atoms with Gasteiger partial charge in [-0.05, 0) is 6.92 Å². The summed E-state index contributed by atoms with van der Waals surface area (Å²) in [5.74, 6) is -0.743. The summed E-state index contributed by atoms with van der Waals surface area (Å²) in [4.78, 5) is 17.7. The fraction of sp³-hybridized carbons (Fsp3) is 0.167. The van der Waals surface area contributed by atoms with Crippen molar-refractivity contribution in [2.75, 3.05) is 0 Å². The van der Waals surface area contributed by atoms with E-state index in [1.165, 1.54) is 6.07 Å². The molecule has 5 heteroatoms. The molecular weight excluding hydrogens is 168 g/mol. The number of carboxylic acids is 1. The van der Waals surface area contributed by atoms with Gasteiger partial charge in [-0.2, -0.15) is 0 Å². The Bertz CT molecular complexity index is 280. The van der Waals surface area contributed by atoms with Crippen LogP contribution in [0.5, 0.6) is 0 Å². The van der Waals surface area contributed by atoms with Gasteiger partial charge in [0.05, 0.1) is 0 Å². The summed E-state index contributed by atoms with van der Waals surface area (Å²) in [6.45, 7) is 1.58. The van der Waals surface area contributed by atoms with Crippen LogP contribution in [-0.2, 0) is 0 Å². The number of halogens is 1. The lowest BCUT2D eigenvalue weighted by atomic mass is 10.4. The van der Waals surface area contributed by atoms with Gasteiger partial charge in [-0.25, -0.2) is 14.8 Å². The Labute approximate surface area is 67.9 Å². The van der Waals surface area contributed by atoms with E-state index in [0.717, 1.165) is 0 Å². The van der Waals surface area contributed by atoms with Crippen molar-refractivity contribution in [2.24, 2.45) is 0 Å². The van der Waals surface area contributed by atoms with Crippen LogP contribution in [-0.4, -0.2) is 21.0 Å². The van der Waals surface area contributed by atoms with Crippen LogP contribution in [0.3, 0.4) is 0 Å². The largest absolute Gasteiger partial charge is 0.477 e. The summed E-state index contributed by atoms with van der Waals surface area (Å²) in [6, 6.07) is 1.21. The smallest absolute Gasteiger partial charge is 0.354 e. The van der Waals surface area contributed by atoms with E-state index in [-0.39, 0.29) is 10.8 Å². The number of aromatic carboxylic acids is 1. The number of aromatic nitrogens is 2. The number of carboxylic acid groups (broad SMARTS) is 1. The number of nitrogens with zero attached hydrogens (tertiary/aromatic N) is 2. The predicted molar refractivity (Wildman–Crippen MR) is 38.7 cm³/mol. The Morgan fingerprint density at radius 2 is 2.27 bits per heavy atom. The van der Waals surface area contributed by atoms with Crippen LogP contribution >= 0.6 is 11.6 Å². The van der Waals surface area contributed by atoms with Crippen molar-refractivity contribution in [1.82, 2.24) is 9.97 Å². The molecule has 0 aliphatic carbocycles. The third-order valence-corrected chi connectivity index (χ3v) is 1.22. The predicted octanol–water partition coefficient (Wildman–Crippen LogP) is 1.14. The third-order valence-electron chi connectivity index (χ3n) is 1.03. The van der Waals surface area contributed by atoms with Gasteiger partial charge in [-0.3, -0.25) is 0 Å². The van der Waals surface area contributed by atoms with Crippen LogP contribution in [0.1, 0.15) is 16.3 Å². The monoisotopic (exact) mass is 172 g/mol. The Balaban J connectivity index is 3.19. The maximum Gasteiger partial charge on any atom is 0.354 e. The van der Waals surface area contributed by atoms with Crippen LogP contribution in [0.4, 0.5) is 0 Å². The van der Waals surface area contributed by atoms with Crippen molar-refractivity contribution in [3.05, 3.63) is 22.7 Å². The van der Waals surface area contributed by atoms with E-state index in [4.69, 9.17) is 16.7 Å². The molecular formula is C6H5ClN2O2. The summed E-state index contributed by atoms with van der Waals surface area (Å²) in [6.07, 6.45) is 0. The number of aryl methyl sites for hydroxylation is 1. The van der Waals surface area contributed by atoms with Crippen molar-refractivity contribution in [3.63, 3.8) is 0 Å². The zero-order chi connectivity index (χ0) is 8.43. The van der Waals surface area contributed by atoms with E-state index < -0.39 is 5.97 Å². The highest BCUT2D eigenvalue weighted by molar-refractivity contribution is 6.29. The Morgan fingerprint density at radius 1 is 1.64 bits per heavy atom. The van der Waals surface area contributed by atoms with Gasteiger partial charge in [0.2, 0.25) is 0 Å². The van der Waals surface area contributed by atoms with Gasteiger partial charge in [0.1, 0.15) is 11.0 Å². The van der Waals surface area contributed by atoms with Crippen LogP contribution in [0.15, 0.2) is 6.07 Å². The van der Waals surface area contributed by atoms with E-state index in [1.54, 1.807) is 6.92 Å². The molecule has 0 aliphatic rings. The average Bonchev–Trinajstić information content (AvgIpc) is 1.85. The van der Waals surface area contributed by atoms with Gasteiger partial charge in [0, 0.05) is 6.07 Å². The first kappa shape index (κ1) is 7.94. The van der Waals surface area contributed by atoms with Crippen molar-refractivity contribution in [2.45, 2.75) is 6.92 Å². The molecule has 1 N–H and O–H groups in total. The number of hydrogen-bond donors (Lipinski definition) is 1. The molecule has 0 amide bonds. The van der Waals surface area contributed by atoms with Crippen molar-refractivity contribution in [3.8, 4) is 0 Å². The minimum Gasteiger partial charge on any atom is -0.477 e. The maximum atomic E-state index is 10.4. The molecule has 1 rings (SSSR count). The van der Waals surface area contributed by atoms with Gasteiger partial charge < -0.3 is 5.11 Å². The normalized spacial score (nSPS) is 9.64. The van der Waals surface area contributed by atoms with E-state index in [1.807, 2.05) is 0 Å². The van der Waals surface area contributed by atoms with E-state index in [0.29, 0.717) is 5.82 Å². The maximum absolute atomic E-state index is 10.4. The molecule has 0 bridgehead atoms. The molecule has 0 radical (unpaired) electrons. The molecule has 1 heterocycles. The molecule has 1 aromatic heterocycles. The highest BCUT2D eigenvalue weighted by atomic mass is 35.5. The van der Waals surface area contributed by atoms with Crippen molar-refractivity contribution < 1.29 is 9.90 Å². The average molecular weight is 173 g/mol. The quantitative estimate of drug-likeness (QED) is 0.646. The molecule has 0 unspecified atom stereocenters. The number of carbonyl (C=O) groups is 1. The SMILES string of the molecule is Cc1nc(Cl)cc(C(=O)O)n1. The summed E-state index contributed by atoms with van der Waals surface area (Å²) >= 11 is 5.48. The molecule has 1 aromatic rings. The molecule has 0 aliphatic heterocycles. The topological polar surface area (TPSA) is 63.1 Å². The van der Waals surface area contributed by atoms with Crippen LogP contribution in [0.2, 0.25) is 5.15 Å². The van der Waals surface area contributed by atoms with Crippen molar-refractivity contribution in [1.29, 1.82) is 0 Å². The van der Waals surface area contributed by atoms with Gasteiger partial charge >= 0.3 is 5.97 Å². The summed E-state index contributed by atoms with van der Waals surface area (Å²) in [5.41, 5.74) is -0.0810. The second-order valence-corrected chi connectivity index (χ2v) is 2.32. The summed E-state index contributed by atoms with van der Waals surface area (Å²) in [5, 5.41) is 8.63. The minimum atomic E-state index is -1.10. The fourth-order valence-electron chi connectivity index (χ4n) is 0.641. The first-order chi connectivity index (χ1) is 5.09. The zero-order valence-electron chi connectivity index (χ0n) is 5.71. The van der Waals surface area contributed by atoms with Gasteiger partial charge in [0.15, 0.2) is 5.69 Å². The van der Waals surface area contributed by atoms with E-state index in [9.17, 15) is 4.79 Å². The highest BCUT2D eigenvalue weighted by Crippen LogP contribution is 2.06. The minimum absolute atomic E-state index is 0.0810. The summed E-state index contributed by atoms with van der Waals surface area (Å²) in [7, 11) is 0. The first-order valence-electron chi connectivity index (χ1n) is 2.84. The number of hydrogen-bond acceptors (Lipinski definition) is 3. The third kappa shape index (κ3) is 1.88. The van der Waals surface area contributed by atoms with E-state index >= 15 is 0 Å². The Kier molecular flexibility index (Phi) is 2.05. The standard InChI is InChI=1S/C6H5ClN2O2/c1-3-8-4(6(10)11)2-5(7)9-3/h2H,1H3,(H,10,11). The molecule has 0 aromatic carbocycles. The van der Waals surface area contributed by atoms with Crippen molar-refractivity contribution >= 4 is 17.6 Å². The van der Waals surface area contributed by atoms with Gasteiger partial charge in [-0.15, -0.1) is 0 Å². The van der Waals surface area contributed by atoms with E-state index in [2.05, 4.69) is 9.97 Å². The molecule has 0 saturated heterocycles.